The van der Waals surface area contributed by atoms with Gasteiger partial charge in [-0.25, -0.2) is 4.79 Å². The lowest BCUT2D eigenvalue weighted by Gasteiger charge is -2.16. The van der Waals surface area contributed by atoms with Crippen molar-refractivity contribution >= 4 is 5.97 Å². The predicted octanol–water partition coefficient (Wildman–Crippen LogP) is 3.94. The van der Waals surface area contributed by atoms with Gasteiger partial charge in [-0.3, -0.25) is 0 Å². The Labute approximate surface area is 144 Å². The zero-order chi connectivity index (χ0) is 17.6. The van der Waals surface area contributed by atoms with Gasteiger partial charge in [0, 0.05) is 6.61 Å². The van der Waals surface area contributed by atoms with Gasteiger partial charge in [0.2, 0.25) is 0 Å². The van der Waals surface area contributed by atoms with E-state index in [-0.39, 0.29) is 18.5 Å². The van der Waals surface area contributed by atoms with Gasteiger partial charge in [-0.05, 0) is 37.1 Å². The molecule has 0 radical (unpaired) electrons. The van der Waals surface area contributed by atoms with E-state index in [4.69, 9.17) is 14.2 Å². The van der Waals surface area contributed by atoms with Crippen molar-refractivity contribution in [2.45, 2.75) is 52.1 Å². The fourth-order valence-corrected chi connectivity index (χ4v) is 2.15. The Morgan fingerprint density at radius 1 is 1.04 bits per heavy atom. The summed E-state index contributed by atoms with van der Waals surface area (Å²) in [5.74, 6) is -0.298. The molecule has 1 atom stereocenters. The van der Waals surface area contributed by atoms with Crippen LogP contribution in [0.3, 0.4) is 0 Å². The summed E-state index contributed by atoms with van der Waals surface area (Å²) in [4.78, 5) is 11.8. The van der Waals surface area contributed by atoms with E-state index in [1.165, 1.54) is 43.5 Å². The van der Waals surface area contributed by atoms with Crippen LogP contribution in [0.2, 0.25) is 0 Å². The van der Waals surface area contributed by atoms with Crippen molar-refractivity contribution in [1.29, 1.82) is 0 Å². The third-order valence-corrected chi connectivity index (χ3v) is 3.67. The van der Waals surface area contributed by atoms with Crippen LogP contribution in [0.25, 0.3) is 0 Å². The molecule has 0 aliphatic rings. The van der Waals surface area contributed by atoms with Gasteiger partial charge < -0.3 is 19.3 Å². The van der Waals surface area contributed by atoms with Gasteiger partial charge in [-0.15, -0.1) is 0 Å². The Hall–Kier alpha value is -1.59. The van der Waals surface area contributed by atoms with Crippen LogP contribution < -0.4 is 0 Å². The van der Waals surface area contributed by atoms with Gasteiger partial charge in [-0.2, -0.15) is 0 Å². The molecule has 0 amide bonds. The zero-order valence-electron chi connectivity index (χ0n) is 14.8. The molecule has 5 heteroatoms. The second-order valence-electron chi connectivity index (χ2n) is 5.72. The number of hydrogen-bond acceptors (Lipinski definition) is 5. The highest BCUT2D eigenvalue weighted by Crippen LogP contribution is 2.10. The number of carbonyl (C=O) groups excluding carboxylic acids is 1. The van der Waals surface area contributed by atoms with Crippen molar-refractivity contribution in [3.05, 3.63) is 29.8 Å². The normalized spacial score (nSPS) is 12.1. The molecule has 5 nitrogen and oxygen atoms in total. The molecule has 1 N–H and O–H groups in total. The molecular formula is C19H30O5. The third kappa shape index (κ3) is 8.89. The van der Waals surface area contributed by atoms with Crippen LogP contribution in [0.1, 0.15) is 56.3 Å². The molecule has 136 valence electrons. The number of esters is 1. The van der Waals surface area contributed by atoms with E-state index >= 15 is 0 Å². The third-order valence-electron chi connectivity index (χ3n) is 3.67. The van der Waals surface area contributed by atoms with E-state index in [0.717, 1.165) is 19.4 Å². The molecule has 1 rings (SSSR count). The molecule has 1 unspecified atom stereocenters. The monoisotopic (exact) mass is 338 g/mol. The van der Waals surface area contributed by atoms with Gasteiger partial charge in [0.15, 0.2) is 0 Å². The van der Waals surface area contributed by atoms with Gasteiger partial charge >= 0.3 is 5.97 Å². The summed E-state index contributed by atoms with van der Waals surface area (Å²) in [7, 11) is 0. The first-order chi connectivity index (χ1) is 11.7. The maximum Gasteiger partial charge on any atom is 0.338 e. The van der Waals surface area contributed by atoms with Crippen LogP contribution in [-0.4, -0.2) is 43.6 Å². The molecule has 0 saturated heterocycles. The van der Waals surface area contributed by atoms with Crippen LogP contribution in [0.15, 0.2) is 24.3 Å². The van der Waals surface area contributed by atoms with Crippen LogP contribution in [0.5, 0.6) is 5.75 Å². The van der Waals surface area contributed by atoms with Crippen molar-refractivity contribution in [3.63, 3.8) is 0 Å². The van der Waals surface area contributed by atoms with Gasteiger partial charge in [0.05, 0.1) is 24.9 Å². The van der Waals surface area contributed by atoms with Crippen LogP contribution in [0.4, 0.5) is 0 Å². The minimum absolute atomic E-state index is 0.0967. The number of aromatic hydroxyl groups is 1. The highest BCUT2D eigenvalue weighted by Gasteiger charge is 2.08. The minimum atomic E-state index is -0.419. The minimum Gasteiger partial charge on any atom is -0.508 e. The summed E-state index contributed by atoms with van der Waals surface area (Å²) in [6.07, 6.45) is 5.78. The van der Waals surface area contributed by atoms with Crippen molar-refractivity contribution in [3.8, 4) is 5.75 Å². The molecule has 0 heterocycles. The van der Waals surface area contributed by atoms with E-state index in [2.05, 4.69) is 13.8 Å². The standard InChI is InChI=1S/C19H30O5/c1-3-5-6-7-12-23-18(4-2)15-22-13-14-24-19(21)16-8-10-17(20)11-9-16/h8-11,18,20H,3-7,12-15H2,1-2H3. The molecule has 1 aromatic rings. The van der Waals surface area contributed by atoms with E-state index in [9.17, 15) is 9.90 Å². The summed E-state index contributed by atoms with van der Waals surface area (Å²) in [5, 5.41) is 9.18. The van der Waals surface area contributed by atoms with Crippen molar-refractivity contribution in [2.75, 3.05) is 26.4 Å². The first-order valence-electron chi connectivity index (χ1n) is 8.82. The van der Waals surface area contributed by atoms with Crippen LogP contribution >= 0.6 is 0 Å². The maximum absolute atomic E-state index is 11.8. The Bertz CT molecular complexity index is 444. The lowest BCUT2D eigenvalue weighted by molar-refractivity contribution is -0.0296. The fraction of sp³-hybridized carbons (Fsp3) is 0.632. The zero-order valence-corrected chi connectivity index (χ0v) is 14.8. The number of phenols is 1. The fourth-order valence-electron chi connectivity index (χ4n) is 2.15. The van der Waals surface area contributed by atoms with E-state index < -0.39 is 5.97 Å². The van der Waals surface area contributed by atoms with Gasteiger partial charge in [-0.1, -0.05) is 33.1 Å². The lowest BCUT2D eigenvalue weighted by Crippen LogP contribution is -2.21. The maximum atomic E-state index is 11.8. The average molecular weight is 338 g/mol. The average Bonchev–Trinajstić information content (AvgIpc) is 2.59. The molecule has 1 aromatic carbocycles. The Morgan fingerprint density at radius 3 is 2.46 bits per heavy atom. The van der Waals surface area contributed by atoms with E-state index in [1.807, 2.05) is 0 Å². The van der Waals surface area contributed by atoms with Crippen LogP contribution in [0, 0.1) is 0 Å². The predicted molar refractivity (Wildman–Crippen MR) is 93.4 cm³/mol. The summed E-state index contributed by atoms with van der Waals surface area (Å²) >= 11 is 0. The van der Waals surface area contributed by atoms with Crippen molar-refractivity contribution < 1.29 is 24.1 Å². The number of ether oxygens (including phenoxy) is 3. The molecule has 0 bridgehead atoms. The van der Waals surface area contributed by atoms with Crippen molar-refractivity contribution in [2.24, 2.45) is 0 Å². The van der Waals surface area contributed by atoms with Gasteiger partial charge in [0.1, 0.15) is 12.4 Å². The van der Waals surface area contributed by atoms with Crippen molar-refractivity contribution in [1.82, 2.24) is 0 Å². The SMILES string of the molecule is CCCCCCOC(CC)COCCOC(=O)c1ccc(O)cc1. The number of unbranched alkanes of at least 4 members (excludes halogenated alkanes) is 3. The highest BCUT2D eigenvalue weighted by atomic mass is 16.6. The first kappa shape index (κ1) is 20.5. The molecule has 0 spiro atoms. The second-order valence-corrected chi connectivity index (χ2v) is 5.72. The lowest BCUT2D eigenvalue weighted by atomic mass is 10.2. The Morgan fingerprint density at radius 2 is 1.79 bits per heavy atom. The summed E-state index contributed by atoms with van der Waals surface area (Å²) in [6, 6.07) is 5.96. The summed E-state index contributed by atoms with van der Waals surface area (Å²) in [6.45, 7) is 6.11. The first-order valence-corrected chi connectivity index (χ1v) is 8.82. The number of hydrogen-bond donors (Lipinski definition) is 1. The van der Waals surface area contributed by atoms with E-state index in [0.29, 0.717) is 18.8 Å². The smallest absolute Gasteiger partial charge is 0.338 e. The number of phenolic OH excluding ortho intramolecular Hbond substituents is 1. The highest BCUT2D eigenvalue weighted by molar-refractivity contribution is 5.89. The Kier molecular flexibility index (Phi) is 10.9. The second kappa shape index (κ2) is 12.8. The Balaban J connectivity index is 2.09. The number of rotatable bonds is 13. The topological polar surface area (TPSA) is 65.0 Å². The quantitative estimate of drug-likeness (QED) is 0.436. The molecule has 0 aliphatic carbocycles. The number of benzene rings is 1. The molecule has 0 aliphatic heterocycles. The number of carbonyl (C=O) groups is 1. The largest absolute Gasteiger partial charge is 0.508 e. The molecule has 24 heavy (non-hydrogen) atoms. The summed E-state index contributed by atoms with van der Waals surface area (Å²) in [5.41, 5.74) is 0.412. The molecule has 0 aromatic heterocycles. The van der Waals surface area contributed by atoms with E-state index in [1.54, 1.807) is 0 Å². The van der Waals surface area contributed by atoms with Crippen LogP contribution in [-0.2, 0) is 14.2 Å². The molecule has 0 fully saturated rings. The summed E-state index contributed by atoms with van der Waals surface area (Å²) < 4.78 is 16.4. The molecule has 0 saturated carbocycles. The molecular weight excluding hydrogens is 308 g/mol. The van der Waals surface area contributed by atoms with Gasteiger partial charge in [0.25, 0.3) is 0 Å².